The van der Waals surface area contributed by atoms with E-state index in [0.29, 0.717) is 52.2 Å². The fourth-order valence-electron chi connectivity index (χ4n) is 5.76. The molecule has 0 saturated carbocycles. The van der Waals surface area contributed by atoms with Crippen molar-refractivity contribution in [1.29, 1.82) is 0 Å². The van der Waals surface area contributed by atoms with Crippen molar-refractivity contribution in [1.82, 2.24) is 20.4 Å². The predicted molar refractivity (Wildman–Crippen MR) is 214 cm³/mol. The molecule has 0 fully saturated rings. The van der Waals surface area contributed by atoms with Crippen LogP contribution in [0.15, 0.2) is 12.2 Å². The first-order chi connectivity index (χ1) is 25.2. The van der Waals surface area contributed by atoms with Gasteiger partial charge in [0.15, 0.2) is 0 Å². The van der Waals surface area contributed by atoms with Crippen LogP contribution in [-0.2, 0) is 28.7 Å². The van der Waals surface area contributed by atoms with Gasteiger partial charge in [-0.05, 0) is 85.5 Å². The van der Waals surface area contributed by atoms with Crippen molar-refractivity contribution in [3.8, 4) is 0 Å². The number of nitrogens with one attached hydrogen (secondary N) is 2. The van der Waals surface area contributed by atoms with E-state index in [2.05, 4.69) is 23.6 Å². The molecule has 11 heteroatoms. The van der Waals surface area contributed by atoms with Crippen molar-refractivity contribution in [2.24, 2.45) is 11.8 Å². The highest BCUT2D eigenvalue weighted by Crippen LogP contribution is 2.14. The third-order valence-corrected chi connectivity index (χ3v) is 9.33. The molecular formula is C42H78N4O7. The summed E-state index contributed by atoms with van der Waals surface area (Å²) in [5, 5.41) is 5.86. The molecule has 0 aliphatic rings. The highest BCUT2D eigenvalue weighted by molar-refractivity contribution is 5.80. The Bertz CT molecular complexity index is 1060. The number of carbonyl (C=O) groups excluding carboxylic acids is 5. The van der Waals surface area contributed by atoms with E-state index in [-0.39, 0.29) is 48.4 Å². The minimum atomic E-state index is -0.638. The van der Waals surface area contributed by atoms with E-state index in [4.69, 9.17) is 9.47 Å². The lowest BCUT2D eigenvalue weighted by Crippen LogP contribution is -2.42. The molecule has 3 atom stereocenters. The molecule has 2 N–H and O–H groups in total. The molecule has 0 radical (unpaired) electrons. The van der Waals surface area contributed by atoms with E-state index in [1.807, 2.05) is 59.4 Å². The zero-order valence-corrected chi connectivity index (χ0v) is 35.2. The third-order valence-electron chi connectivity index (χ3n) is 9.33. The first-order valence-electron chi connectivity index (χ1n) is 20.8. The van der Waals surface area contributed by atoms with Gasteiger partial charge in [0, 0.05) is 57.0 Å². The van der Waals surface area contributed by atoms with E-state index in [1.54, 1.807) is 11.8 Å². The minimum Gasteiger partial charge on any atom is -0.466 e. The SMILES string of the molecule is CCCCCCCC/C=C\C[C@H](CC(=O)NCCCN(CCCCCN(CCC(=O)OCC)C(=O)[C@@H](C)CC)C(=O)[C@@H](C)CC)NC(=O)OC(C)(C)C. The van der Waals surface area contributed by atoms with Gasteiger partial charge in [-0.3, -0.25) is 19.2 Å². The van der Waals surface area contributed by atoms with Gasteiger partial charge in [-0.15, -0.1) is 0 Å². The summed E-state index contributed by atoms with van der Waals surface area (Å²) < 4.78 is 10.5. The van der Waals surface area contributed by atoms with E-state index in [0.717, 1.165) is 44.9 Å². The zero-order chi connectivity index (χ0) is 40.1. The molecule has 11 nitrogen and oxygen atoms in total. The average Bonchev–Trinajstić information content (AvgIpc) is 3.10. The van der Waals surface area contributed by atoms with Gasteiger partial charge in [0.2, 0.25) is 17.7 Å². The van der Waals surface area contributed by atoms with Crippen molar-refractivity contribution in [3.63, 3.8) is 0 Å². The minimum absolute atomic E-state index is 0.0549. The van der Waals surface area contributed by atoms with E-state index < -0.39 is 17.7 Å². The van der Waals surface area contributed by atoms with Crippen LogP contribution in [0.3, 0.4) is 0 Å². The molecule has 0 aromatic rings. The summed E-state index contributed by atoms with van der Waals surface area (Å²) in [5.74, 6) is -0.492. The first-order valence-corrected chi connectivity index (χ1v) is 20.8. The van der Waals surface area contributed by atoms with Crippen LogP contribution in [-0.4, -0.2) is 90.6 Å². The fraction of sp³-hybridized carbons (Fsp3) is 0.833. The highest BCUT2D eigenvalue weighted by Gasteiger charge is 2.23. The largest absolute Gasteiger partial charge is 0.466 e. The number of carbonyl (C=O) groups is 5. The number of amides is 4. The molecule has 4 amide bonds. The number of rotatable bonds is 30. The van der Waals surface area contributed by atoms with Gasteiger partial charge in [0.05, 0.1) is 13.0 Å². The number of esters is 1. The summed E-state index contributed by atoms with van der Waals surface area (Å²) in [4.78, 5) is 67.3. The van der Waals surface area contributed by atoms with Crippen molar-refractivity contribution in [3.05, 3.63) is 12.2 Å². The fourth-order valence-corrected chi connectivity index (χ4v) is 5.76. The normalized spacial score (nSPS) is 13.2. The summed E-state index contributed by atoms with van der Waals surface area (Å²) in [7, 11) is 0. The van der Waals surface area contributed by atoms with Gasteiger partial charge < -0.3 is 29.9 Å². The Morgan fingerprint density at radius 2 is 1.25 bits per heavy atom. The standard InChI is InChI=1S/C42H78N4O7/c1-10-14-15-16-17-18-19-20-22-26-36(44-41(51)53-42(7,8)9)33-37(47)43-28-25-31-45(39(49)34(5)11-2)29-23-21-24-30-46(40(50)35(6)12-3)32-27-38(48)52-13-4/h20,22,34-36H,10-19,21,23-33H2,1-9H3,(H,43,47)(H,44,51)/b22-20-/t34-,35-,36+/m0/s1. The molecule has 0 aromatic heterocycles. The smallest absolute Gasteiger partial charge is 0.407 e. The van der Waals surface area contributed by atoms with Gasteiger partial charge in [-0.2, -0.15) is 0 Å². The van der Waals surface area contributed by atoms with Crippen LogP contribution in [0.4, 0.5) is 4.79 Å². The maximum absolute atomic E-state index is 13.2. The number of ether oxygens (including phenoxy) is 2. The van der Waals surface area contributed by atoms with E-state index in [9.17, 15) is 24.0 Å². The molecule has 0 bridgehead atoms. The molecule has 0 heterocycles. The highest BCUT2D eigenvalue weighted by atomic mass is 16.6. The number of allylic oxidation sites excluding steroid dienone is 1. The van der Waals surface area contributed by atoms with Gasteiger partial charge in [0.25, 0.3) is 0 Å². The van der Waals surface area contributed by atoms with Crippen LogP contribution in [0.25, 0.3) is 0 Å². The number of alkyl carbamates (subject to hydrolysis) is 1. The van der Waals surface area contributed by atoms with Gasteiger partial charge in [-0.1, -0.05) is 78.9 Å². The number of hydrogen-bond donors (Lipinski definition) is 2. The lowest BCUT2D eigenvalue weighted by Gasteiger charge is -2.27. The maximum Gasteiger partial charge on any atom is 0.407 e. The first kappa shape index (κ1) is 49.9. The Labute approximate surface area is 323 Å². The molecule has 0 aliphatic heterocycles. The van der Waals surface area contributed by atoms with Crippen LogP contribution in [0.1, 0.15) is 165 Å². The Morgan fingerprint density at radius 3 is 1.81 bits per heavy atom. The lowest BCUT2D eigenvalue weighted by molar-refractivity contribution is -0.144. The van der Waals surface area contributed by atoms with Gasteiger partial charge >= 0.3 is 12.1 Å². The molecule has 0 aliphatic carbocycles. The second kappa shape index (κ2) is 30.2. The second-order valence-electron chi connectivity index (χ2n) is 15.4. The Balaban J connectivity index is 5.05. The van der Waals surface area contributed by atoms with Crippen molar-refractivity contribution >= 4 is 29.8 Å². The van der Waals surface area contributed by atoms with Crippen LogP contribution in [0.2, 0.25) is 0 Å². The molecule has 0 spiro atoms. The summed E-state index contributed by atoms with van der Waals surface area (Å²) in [6.45, 7) is 20.1. The topological polar surface area (TPSA) is 134 Å². The number of unbranched alkanes of at least 4 members (excludes halogenated alkanes) is 8. The molecular weight excluding hydrogens is 672 g/mol. The molecule has 0 unspecified atom stereocenters. The summed E-state index contributed by atoms with van der Waals surface area (Å²) >= 11 is 0. The Kier molecular flexibility index (Phi) is 28.5. The van der Waals surface area contributed by atoms with E-state index >= 15 is 0 Å². The number of nitrogens with zero attached hydrogens (tertiary/aromatic N) is 2. The average molecular weight is 751 g/mol. The Morgan fingerprint density at radius 1 is 0.698 bits per heavy atom. The second-order valence-corrected chi connectivity index (χ2v) is 15.4. The van der Waals surface area contributed by atoms with E-state index in [1.165, 1.54) is 32.1 Å². The van der Waals surface area contributed by atoms with Crippen LogP contribution in [0.5, 0.6) is 0 Å². The molecule has 308 valence electrons. The zero-order valence-electron chi connectivity index (χ0n) is 35.2. The van der Waals surface area contributed by atoms with Crippen molar-refractivity contribution in [2.45, 2.75) is 177 Å². The monoisotopic (exact) mass is 751 g/mol. The summed E-state index contributed by atoms with van der Waals surface area (Å²) in [6, 6.07) is -0.393. The maximum atomic E-state index is 13.2. The third kappa shape index (κ3) is 26.3. The van der Waals surface area contributed by atoms with Crippen LogP contribution < -0.4 is 10.6 Å². The molecule has 0 rings (SSSR count). The summed E-state index contributed by atoms with van der Waals surface area (Å²) in [5.41, 5.74) is -0.638. The van der Waals surface area contributed by atoms with Crippen LogP contribution >= 0.6 is 0 Å². The quantitative estimate of drug-likeness (QED) is 0.0428. The van der Waals surface area contributed by atoms with Gasteiger partial charge in [0.1, 0.15) is 5.60 Å². The number of hydrogen-bond acceptors (Lipinski definition) is 7. The predicted octanol–water partition coefficient (Wildman–Crippen LogP) is 8.35. The summed E-state index contributed by atoms with van der Waals surface area (Å²) in [6.07, 6.45) is 17.4. The van der Waals surface area contributed by atoms with Crippen molar-refractivity contribution < 1.29 is 33.4 Å². The lowest BCUT2D eigenvalue weighted by atomic mass is 10.1. The Hall–Kier alpha value is -3.11. The molecule has 0 saturated heterocycles. The molecule has 0 aromatic carbocycles. The van der Waals surface area contributed by atoms with Crippen molar-refractivity contribution in [2.75, 3.05) is 39.3 Å². The van der Waals surface area contributed by atoms with Gasteiger partial charge in [-0.25, -0.2) is 4.79 Å². The van der Waals surface area contributed by atoms with Crippen LogP contribution in [0, 0.1) is 11.8 Å². The molecule has 53 heavy (non-hydrogen) atoms.